The lowest BCUT2D eigenvalue weighted by Crippen LogP contribution is -2.11. The number of benzene rings is 2. The lowest BCUT2D eigenvalue weighted by Gasteiger charge is -2.09. The molecular formula is C19H20N2O2S2. The Kier molecular flexibility index (Phi) is 5.73. The van der Waals surface area contributed by atoms with Gasteiger partial charge in [0, 0.05) is 17.9 Å². The smallest absolute Gasteiger partial charge is 0.271 e. The van der Waals surface area contributed by atoms with Crippen molar-refractivity contribution < 1.29 is 8.42 Å². The lowest BCUT2D eigenvalue weighted by atomic mass is 10.1. The van der Waals surface area contributed by atoms with Crippen LogP contribution in [0, 0.1) is 0 Å². The topological polar surface area (TPSA) is 58.2 Å². The molecule has 0 aliphatic heterocycles. The number of nitrogens with one attached hydrogen (secondary N) is 2. The van der Waals surface area contributed by atoms with Crippen molar-refractivity contribution in [3.8, 4) is 0 Å². The highest BCUT2D eigenvalue weighted by Crippen LogP contribution is 2.21. The summed E-state index contributed by atoms with van der Waals surface area (Å²) in [5, 5.41) is 5.10. The number of aryl methyl sites for hydroxylation is 1. The molecule has 25 heavy (non-hydrogen) atoms. The first-order chi connectivity index (χ1) is 12.1. The minimum absolute atomic E-state index is 0.315. The van der Waals surface area contributed by atoms with Crippen LogP contribution in [0.5, 0.6) is 0 Å². The van der Waals surface area contributed by atoms with E-state index in [1.807, 2.05) is 18.2 Å². The third-order valence-corrected chi connectivity index (χ3v) is 6.49. The molecule has 0 radical (unpaired) electrons. The monoisotopic (exact) mass is 372 g/mol. The Morgan fingerprint density at radius 3 is 2.24 bits per heavy atom. The van der Waals surface area contributed by atoms with E-state index in [1.165, 1.54) is 16.9 Å². The number of rotatable bonds is 8. The van der Waals surface area contributed by atoms with Gasteiger partial charge in [-0.3, -0.25) is 4.72 Å². The molecule has 1 heterocycles. The van der Waals surface area contributed by atoms with Crippen LogP contribution >= 0.6 is 11.3 Å². The first-order valence-corrected chi connectivity index (χ1v) is 10.4. The van der Waals surface area contributed by atoms with Gasteiger partial charge in [-0.1, -0.05) is 36.4 Å². The van der Waals surface area contributed by atoms with Gasteiger partial charge in [0.1, 0.15) is 4.21 Å². The molecule has 0 bridgehead atoms. The van der Waals surface area contributed by atoms with Crippen LogP contribution in [0.2, 0.25) is 0 Å². The summed E-state index contributed by atoms with van der Waals surface area (Å²) in [5.74, 6) is 0. The minimum atomic E-state index is -3.49. The second-order valence-corrected chi connectivity index (χ2v) is 8.49. The zero-order valence-electron chi connectivity index (χ0n) is 13.7. The van der Waals surface area contributed by atoms with Crippen LogP contribution in [0.1, 0.15) is 12.0 Å². The van der Waals surface area contributed by atoms with E-state index in [0.717, 1.165) is 25.1 Å². The van der Waals surface area contributed by atoms with E-state index in [2.05, 4.69) is 34.3 Å². The molecule has 0 unspecified atom stereocenters. The molecule has 0 saturated heterocycles. The fourth-order valence-electron chi connectivity index (χ4n) is 2.45. The van der Waals surface area contributed by atoms with Crippen molar-refractivity contribution in [2.45, 2.75) is 17.1 Å². The lowest BCUT2D eigenvalue weighted by molar-refractivity contribution is 0.603. The van der Waals surface area contributed by atoms with Gasteiger partial charge in [0.05, 0.1) is 0 Å². The molecule has 3 aromatic rings. The molecule has 0 spiro atoms. The van der Waals surface area contributed by atoms with Crippen LogP contribution in [-0.2, 0) is 16.4 Å². The van der Waals surface area contributed by atoms with Gasteiger partial charge < -0.3 is 5.32 Å². The fourth-order valence-corrected chi connectivity index (χ4v) is 4.50. The molecule has 1 aromatic heterocycles. The maximum Gasteiger partial charge on any atom is 0.271 e. The van der Waals surface area contributed by atoms with Crippen molar-refractivity contribution in [3.63, 3.8) is 0 Å². The molecule has 2 aromatic carbocycles. The zero-order chi connectivity index (χ0) is 17.5. The molecule has 6 heteroatoms. The standard InChI is InChI=1S/C19H20N2O2S2/c22-25(23,19-9-5-15-24-19)21-18-12-10-17(11-13-18)20-14-4-8-16-6-2-1-3-7-16/h1-3,5-7,9-13,15,20-21H,4,8,14H2. The third-order valence-electron chi connectivity index (χ3n) is 3.71. The van der Waals surface area contributed by atoms with Crippen LogP contribution in [-0.4, -0.2) is 15.0 Å². The molecule has 0 atom stereocenters. The van der Waals surface area contributed by atoms with E-state index in [4.69, 9.17) is 0 Å². The molecule has 3 rings (SSSR count). The normalized spacial score (nSPS) is 11.2. The molecule has 2 N–H and O–H groups in total. The third kappa shape index (κ3) is 5.08. The van der Waals surface area contributed by atoms with Crippen molar-refractivity contribution in [2.75, 3.05) is 16.6 Å². The van der Waals surface area contributed by atoms with E-state index in [1.54, 1.807) is 29.6 Å². The Balaban J connectivity index is 1.49. The molecular weight excluding hydrogens is 352 g/mol. The van der Waals surface area contributed by atoms with Crippen LogP contribution in [0.15, 0.2) is 76.3 Å². The summed E-state index contributed by atoms with van der Waals surface area (Å²) in [7, 11) is -3.49. The van der Waals surface area contributed by atoms with E-state index < -0.39 is 10.0 Å². The quantitative estimate of drug-likeness (QED) is 0.569. The van der Waals surface area contributed by atoms with Crippen molar-refractivity contribution in [1.29, 1.82) is 0 Å². The first-order valence-electron chi connectivity index (χ1n) is 8.08. The second-order valence-electron chi connectivity index (χ2n) is 5.63. The average Bonchev–Trinajstić information content (AvgIpc) is 3.16. The summed E-state index contributed by atoms with van der Waals surface area (Å²) in [6, 6.07) is 21.0. The summed E-state index contributed by atoms with van der Waals surface area (Å²) in [5.41, 5.74) is 2.87. The highest BCUT2D eigenvalue weighted by Gasteiger charge is 2.14. The van der Waals surface area contributed by atoms with Gasteiger partial charge in [-0.15, -0.1) is 11.3 Å². The molecule has 0 aliphatic carbocycles. The predicted octanol–water partition coefficient (Wildman–Crippen LogP) is 4.59. The predicted molar refractivity (Wildman–Crippen MR) is 105 cm³/mol. The molecule has 4 nitrogen and oxygen atoms in total. The highest BCUT2D eigenvalue weighted by atomic mass is 32.2. The van der Waals surface area contributed by atoms with Gasteiger partial charge in [0.25, 0.3) is 10.0 Å². The Morgan fingerprint density at radius 1 is 0.840 bits per heavy atom. The van der Waals surface area contributed by atoms with Gasteiger partial charge in [-0.25, -0.2) is 8.42 Å². The van der Waals surface area contributed by atoms with E-state index in [-0.39, 0.29) is 0 Å². The van der Waals surface area contributed by atoms with Gasteiger partial charge in [-0.05, 0) is 54.1 Å². The van der Waals surface area contributed by atoms with Crippen LogP contribution in [0.25, 0.3) is 0 Å². The van der Waals surface area contributed by atoms with Crippen LogP contribution in [0.3, 0.4) is 0 Å². The van der Waals surface area contributed by atoms with Crippen molar-refractivity contribution in [3.05, 3.63) is 77.7 Å². The van der Waals surface area contributed by atoms with Crippen LogP contribution in [0.4, 0.5) is 11.4 Å². The fraction of sp³-hybridized carbons (Fsp3) is 0.158. The summed E-state index contributed by atoms with van der Waals surface area (Å²) in [4.78, 5) is 0. The Morgan fingerprint density at radius 2 is 1.56 bits per heavy atom. The zero-order valence-corrected chi connectivity index (χ0v) is 15.3. The average molecular weight is 373 g/mol. The van der Waals surface area contributed by atoms with E-state index >= 15 is 0 Å². The molecule has 130 valence electrons. The summed E-state index contributed by atoms with van der Waals surface area (Å²) in [6.07, 6.45) is 2.07. The minimum Gasteiger partial charge on any atom is -0.385 e. The number of sulfonamides is 1. The Labute approximate surface area is 152 Å². The van der Waals surface area contributed by atoms with Crippen molar-refractivity contribution in [2.24, 2.45) is 0 Å². The van der Waals surface area contributed by atoms with Gasteiger partial charge >= 0.3 is 0 Å². The maximum atomic E-state index is 12.2. The number of thiophene rings is 1. The molecule has 0 aliphatic rings. The summed E-state index contributed by atoms with van der Waals surface area (Å²) >= 11 is 1.20. The number of hydrogen-bond donors (Lipinski definition) is 2. The summed E-state index contributed by atoms with van der Waals surface area (Å²) in [6.45, 7) is 0.870. The van der Waals surface area contributed by atoms with Gasteiger partial charge in [0.15, 0.2) is 0 Å². The van der Waals surface area contributed by atoms with Crippen LogP contribution < -0.4 is 10.0 Å². The summed E-state index contributed by atoms with van der Waals surface area (Å²) < 4.78 is 27.3. The SMILES string of the molecule is O=S(=O)(Nc1ccc(NCCCc2ccccc2)cc1)c1cccs1. The molecule has 0 saturated carbocycles. The molecule has 0 amide bonds. The first kappa shape index (κ1) is 17.5. The Bertz CT molecular complexity index is 875. The number of anilines is 2. The van der Waals surface area contributed by atoms with Gasteiger partial charge in [0.2, 0.25) is 0 Å². The molecule has 0 fully saturated rings. The van der Waals surface area contributed by atoms with Gasteiger partial charge in [-0.2, -0.15) is 0 Å². The maximum absolute atomic E-state index is 12.2. The second kappa shape index (κ2) is 8.18. The van der Waals surface area contributed by atoms with Crippen molar-refractivity contribution in [1.82, 2.24) is 0 Å². The van der Waals surface area contributed by atoms with E-state index in [9.17, 15) is 8.42 Å². The van der Waals surface area contributed by atoms with Crippen molar-refractivity contribution >= 4 is 32.7 Å². The Hall–Kier alpha value is -2.31. The highest BCUT2D eigenvalue weighted by molar-refractivity contribution is 7.94. The largest absolute Gasteiger partial charge is 0.385 e. The number of hydrogen-bond acceptors (Lipinski definition) is 4. The van der Waals surface area contributed by atoms with E-state index in [0.29, 0.717) is 9.90 Å².